The standard InChI is InChI=1S/C27H24N2O3/c1-2-6-21(17-27(30)31)20-11-13-24(14-12-20)32-26(15-19-7-4-3-5-8-19)22-9-10-23-18-28-29-25(23)16-22/h3-5,7-14,16,18,21,26H,15,17H2,1H3,(H,28,29)(H,30,31)/t21-,26?/m0/s1. The molecule has 3 aromatic carbocycles. The Balaban J connectivity index is 1.60. The molecule has 0 saturated carbocycles. The minimum absolute atomic E-state index is 0.0259. The summed E-state index contributed by atoms with van der Waals surface area (Å²) in [5.41, 5.74) is 4.07. The zero-order chi connectivity index (χ0) is 22.3. The first-order chi connectivity index (χ1) is 15.6. The molecule has 4 aromatic rings. The van der Waals surface area contributed by atoms with Gasteiger partial charge < -0.3 is 9.84 Å². The highest BCUT2D eigenvalue weighted by Crippen LogP contribution is 2.29. The topological polar surface area (TPSA) is 75.2 Å². The molecule has 0 aliphatic rings. The Kier molecular flexibility index (Phi) is 6.52. The van der Waals surface area contributed by atoms with E-state index in [1.165, 1.54) is 5.56 Å². The molecule has 1 unspecified atom stereocenters. The van der Waals surface area contributed by atoms with Crippen LogP contribution in [-0.4, -0.2) is 21.3 Å². The summed E-state index contributed by atoms with van der Waals surface area (Å²) in [7, 11) is 0. The van der Waals surface area contributed by atoms with Crippen molar-refractivity contribution in [1.29, 1.82) is 0 Å². The predicted octanol–water partition coefficient (Wildman–Crippen LogP) is 5.51. The van der Waals surface area contributed by atoms with Crippen molar-refractivity contribution >= 4 is 16.9 Å². The number of aromatic amines is 1. The molecular weight excluding hydrogens is 400 g/mol. The highest BCUT2D eigenvalue weighted by atomic mass is 16.5. The summed E-state index contributed by atoms with van der Waals surface area (Å²) in [6.07, 6.45) is 2.30. The van der Waals surface area contributed by atoms with Crippen molar-refractivity contribution in [2.24, 2.45) is 0 Å². The van der Waals surface area contributed by atoms with Crippen LogP contribution in [0.4, 0.5) is 0 Å². The summed E-state index contributed by atoms with van der Waals surface area (Å²) in [5, 5.41) is 17.4. The molecule has 2 N–H and O–H groups in total. The van der Waals surface area contributed by atoms with E-state index in [2.05, 4.69) is 46.3 Å². The quantitative estimate of drug-likeness (QED) is 0.366. The van der Waals surface area contributed by atoms with Gasteiger partial charge in [-0.25, -0.2) is 0 Å². The number of hydrogen-bond donors (Lipinski definition) is 2. The van der Waals surface area contributed by atoms with Crippen LogP contribution in [-0.2, 0) is 11.2 Å². The van der Waals surface area contributed by atoms with Gasteiger partial charge in [-0.05, 0) is 41.8 Å². The fourth-order valence-corrected chi connectivity index (χ4v) is 3.75. The predicted molar refractivity (Wildman–Crippen MR) is 124 cm³/mol. The molecule has 0 spiro atoms. The molecule has 1 aromatic heterocycles. The first-order valence-electron chi connectivity index (χ1n) is 10.5. The first kappa shape index (κ1) is 21.2. The second kappa shape index (κ2) is 9.84. The Morgan fingerprint density at radius 1 is 1.06 bits per heavy atom. The summed E-state index contributed by atoms with van der Waals surface area (Å²) >= 11 is 0. The summed E-state index contributed by atoms with van der Waals surface area (Å²) in [6.45, 7) is 1.72. The third-order valence-corrected chi connectivity index (χ3v) is 5.36. The molecular formula is C27H24N2O3. The maximum Gasteiger partial charge on any atom is 0.304 e. The number of aromatic nitrogens is 2. The smallest absolute Gasteiger partial charge is 0.304 e. The zero-order valence-electron chi connectivity index (χ0n) is 17.8. The van der Waals surface area contributed by atoms with Gasteiger partial charge in [-0.1, -0.05) is 60.5 Å². The number of nitrogens with one attached hydrogen (secondary N) is 1. The van der Waals surface area contributed by atoms with Crippen LogP contribution in [0.3, 0.4) is 0 Å². The summed E-state index contributed by atoms with van der Waals surface area (Å²) in [6, 6.07) is 24.0. The number of carboxylic acid groups (broad SMARTS) is 1. The molecule has 0 aliphatic carbocycles. The van der Waals surface area contributed by atoms with Crippen molar-refractivity contribution in [2.45, 2.75) is 31.8 Å². The van der Waals surface area contributed by atoms with Gasteiger partial charge in [0.15, 0.2) is 0 Å². The van der Waals surface area contributed by atoms with E-state index in [1.807, 2.05) is 48.5 Å². The van der Waals surface area contributed by atoms with Gasteiger partial charge in [-0.2, -0.15) is 5.10 Å². The number of fused-ring (bicyclic) bond motifs is 1. The summed E-state index contributed by atoms with van der Waals surface area (Å²) in [5.74, 6) is 5.33. The van der Waals surface area contributed by atoms with Gasteiger partial charge in [0, 0.05) is 11.8 Å². The Hall–Kier alpha value is -4.04. The number of carboxylic acids is 1. The van der Waals surface area contributed by atoms with Gasteiger partial charge in [-0.15, -0.1) is 5.92 Å². The molecule has 0 fully saturated rings. The molecule has 32 heavy (non-hydrogen) atoms. The molecule has 160 valence electrons. The molecule has 5 heteroatoms. The minimum Gasteiger partial charge on any atom is -0.485 e. The van der Waals surface area contributed by atoms with Crippen molar-refractivity contribution < 1.29 is 14.6 Å². The highest BCUT2D eigenvalue weighted by molar-refractivity contribution is 5.78. The van der Waals surface area contributed by atoms with Crippen molar-refractivity contribution in [3.63, 3.8) is 0 Å². The van der Waals surface area contributed by atoms with Gasteiger partial charge >= 0.3 is 5.97 Å². The molecule has 0 aliphatic heterocycles. The van der Waals surface area contributed by atoms with Gasteiger partial charge in [0.2, 0.25) is 0 Å². The van der Waals surface area contributed by atoms with Crippen molar-refractivity contribution in [3.05, 3.63) is 95.7 Å². The van der Waals surface area contributed by atoms with E-state index in [0.29, 0.717) is 6.42 Å². The van der Waals surface area contributed by atoms with Crippen LogP contribution >= 0.6 is 0 Å². The molecule has 5 nitrogen and oxygen atoms in total. The highest BCUT2D eigenvalue weighted by Gasteiger charge is 2.17. The SMILES string of the molecule is CC#C[C@@H](CC(=O)O)c1ccc(OC(Cc2ccccc2)c2ccc3cn[nH]c3c2)cc1. The van der Waals surface area contributed by atoms with Crippen molar-refractivity contribution in [3.8, 4) is 17.6 Å². The Labute approximate surface area is 187 Å². The lowest BCUT2D eigenvalue weighted by atomic mass is 9.96. The molecule has 2 atom stereocenters. The molecule has 0 saturated heterocycles. The van der Waals surface area contributed by atoms with Crippen LogP contribution in [0.2, 0.25) is 0 Å². The van der Waals surface area contributed by atoms with Crippen LogP contribution in [0.25, 0.3) is 10.9 Å². The van der Waals surface area contributed by atoms with E-state index in [0.717, 1.165) is 27.8 Å². The lowest BCUT2D eigenvalue weighted by Crippen LogP contribution is -2.11. The fraction of sp³-hybridized carbons (Fsp3) is 0.185. The Morgan fingerprint density at radius 2 is 1.81 bits per heavy atom. The Morgan fingerprint density at radius 3 is 2.53 bits per heavy atom. The van der Waals surface area contributed by atoms with Crippen LogP contribution in [0, 0.1) is 11.8 Å². The summed E-state index contributed by atoms with van der Waals surface area (Å²) in [4.78, 5) is 11.2. The molecule has 4 rings (SSSR count). The van der Waals surface area contributed by atoms with Crippen molar-refractivity contribution in [2.75, 3.05) is 0 Å². The largest absolute Gasteiger partial charge is 0.485 e. The van der Waals surface area contributed by atoms with E-state index >= 15 is 0 Å². The lowest BCUT2D eigenvalue weighted by molar-refractivity contribution is -0.137. The molecule has 0 bridgehead atoms. The number of rotatable bonds is 8. The van der Waals surface area contributed by atoms with E-state index in [-0.39, 0.29) is 18.4 Å². The number of ether oxygens (including phenoxy) is 1. The van der Waals surface area contributed by atoms with Crippen LogP contribution in [0.5, 0.6) is 5.75 Å². The van der Waals surface area contributed by atoms with Gasteiger partial charge in [-0.3, -0.25) is 9.89 Å². The van der Waals surface area contributed by atoms with Crippen LogP contribution in [0.15, 0.2) is 79.0 Å². The van der Waals surface area contributed by atoms with Gasteiger partial charge in [0.05, 0.1) is 24.1 Å². The van der Waals surface area contributed by atoms with Crippen LogP contribution in [0.1, 0.15) is 42.1 Å². The number of hydrogen-bond acceptors (Lipinski definition) is 3. The second-order valence-corrected chi connectivity index (χ2v) is 7.63. The third kappa shape index (κ3) is 5.16. The van der Waals surface area contributed by atoms with E-state index in [1.54, 1.807) is 13.1 Å². The average molecular weight is 425 g/mol. The van der Waals surface area contributed by atoms with E-state index in [9.17, 15) is 9.90 Å². The first-order valence-corrected chi connectivity index (χ1v) is 10.5. The number of carbonyl (C=O) groups is 1. The Bertz CT molecular complexity index is 1250. The maximum atomic E-state index is 11.2. The number of aliphatic carboxylic acids is 1. The van der Waals surface area contributed by atoms with E-state index in [4.69, 9.17) is 4.74 Å². The minimum atomic E-state index is -0.866. The average Bonchev–Trinajstić information content (AvgIpc) is 3.27. The van der Waals surface area contributed by atoms with Crippen LogP contribution < -0.4 is 4.74 Å². The molecule has 0 amide bonds. The van der Waals surface area contributed by atoms with E-state index < -0.39 is 5.97 Å². The van der Waals surface area contributed by atoms with Gasteiger partial charge in [0.1, 0.15) is 11.9 Å². The summed E-state index contributed by atoms with van der Waals surface area (Å²) < 4.78 is 6.42. The zero-order valence-corrected chi connectivity index (χ0v) is 17.8. The number of H-pyrrole nitrogens is 1. The molecule has 1 heterocycles. The number of nitrogens with zero attached hydrogens (tertiary/aromatic N) is 1. The normalized spacial score (nSPS) is 12.5. The fourth-order valence-electron chi connectivity index (χ4n) is 3.75. The van der Waals surface area contributed by atoms with Crippen molar-refractivity contribution in [1.82, 2.24) is 10.2 Å². The molecule has 0 radical (unpaired) electrons. The second-order valence-electron chi connectivity index (χ2n) is 7.63. The third-order valence-electron chi connectivity index (χ3n) is 5.36. The number of benzene rings is 3. The van der Waals surface area contributed by atoms with Gasteiger partial charge in [0.25, 0.3) is 0 Å². The monoisotopic (exact) mass is 424 g/mol. The maximum absolute atomic E-state index is 11.2. The lowest BCUT2D eigenvalue weighted by Gasteiger charge is -2.21.